The Kier molecular flexibility index (Phi) is 10.4. The lowest BCUT2D eigenvalue weighted by molar-refractivity contribution is 0.346. The van der Waals surface area contributed by atoms with Crippen molar-refractivity contribution in [1.82, 2.24) is 0 Å². The van der Waals surface area contributed by atoms with Gasteiger partial charge in [-0.1, -0.05) is 91.4 Å². The van der Waals surface area contributed by atoms with E-state index in [1.807, 2.05) is 0 Å². The molecule has 1 aliphatic heterocycles. The average Bonchev–Trinajstić information content (AvgIpc) is 3.16. The van der Waals surface area contributed by atoms with Crippen molar-refractivity contribution in [3.8, 4) is 0 Å². The molecule has 0 saturated carbocycles. The van der Waals surface area contributed by atoms with Gasteiger partial charge in [0.1, 0.15) is 0 Å². The predicted molar refractivity (Wildman–Crippen MR) is 89.2 cm³/mol. The Balaban J connectivity index is 1.76. The topological polar surface area (TPSA) is 12.5 Å². The van der Waals surface area contributed by atoms with Crippen LogP contribution in [0.3, 0.4) is 0 Å². The lowest BCUT2D eigenvalue weighted by Crippen LogP contribution is -1.95. The van der Waals surface area contributed by atoms with Crippen LogP contribution < -0.4 is 0 Å². The van der Waals surface area contributed by atoms with Gasteiger partial charge in [0, 0.05) is 0 Å². The molecule has 0 aromatic heterocycles. The van der Waals surface area contributed by atoms with Crippen LogP contribution in [0.2, 0.25) is 0 Å². The van der Waals surface area contributed by atoms with Crippen molar-refractivity contribution < 1.29 is 4.74 Å². The lowest BCUT2D eigenvalue weighted by Gasteiger charge is -2.02. The molecule has 0 spiro atoms. The van der Waals surface area contributed by atoms with Crippen molar-refractivity contribution in [3.63, 3.8) is 0 Å². The van der Waals surface area contributed by atoms with Gasteiger partial charge in [-0.05, 0) is 18.8 Å². The van der Waals surface area contributed by atoms with E-state index >= 15 is 0 Å². The normalized spacial score (nSPS) is 21.6. The molecule has 0 aromatic rings. The lowest BCUT2D eigenvalue weighted by atomic mass is 10.0. The van der Waals surface area contributed by atoms with Gasteiger partial charge >= 0.3 is 0 Å². The number of hydrogen-bond acceptors (Lipinski definition) is 1. The second kappa shape index (κ2) is 11.6. The summed E-state index contributed by atoms with van der Waals surface area (Å²) in [4.78, 5) is 0. The maximum absolute atomic E-state index is 5.78. The van der Waals surface area contributed by atoms with Crippen molar-refractivity contribution in [2.45, 2.75) is 116 Å². The van der Waals surface area contributed by atoms with Crippen molar-refractivity contribution in [2.75, 3.05) is 0 Å². The summed E-state index contributed by atoms with van der Waals surface area (Å²) < 4.78 is 5.78. The smallest absolute Gasteiger partial charge is 0.0841 e. The Labute approximate surface area is 127 Å². The van der Waals surface area contributed by atoms with Crippen LogP contribution in [0.5, 0.6) is 0 Å². The molecule has 0 N–H and O–H groups in total. The zero-order valence-corrected chi connectivity index (χ0v) is 14.3. The van der Waals surface area contributed by atoms with Crippen LogP contribution in [0.1, 0.15) is 104 Å². The summed E-state index contributed by atoms with van der Waals surface area (Å²) >= 11 is 0. The third kappa shape index (κ3) is 9.80. The van der Waals surface area contributed by atoms with Gasteiger partial charge in [-0.15, -0.1) is 0 Å². The highest BCUT2D eigenvalue weighted by atomic mass is 16.6. The van der Waals surface area contributed by atoms with E-state index in [0.717, 1.165) is 5.92 Å². The minimum absolute atomic E-state index is 0.631. The van der Waals surface area contributed by atoms with Crippen LogP contribution in [0.25, 0.3) is 0 Å². The number of epoxide rings is 1. The predicted octanol–water partition coefficient (Wildman–Crippen LogP) is 6.50. The van der Waals surface area contributed by atoms with Crippen LogP contribution in [-0.2, 0) is 4.74 Å². The van der Waals surface area contributed by atoms with Crippen LogP contribution in [0, 0.1) is 5.92 Å². The van der Waals surface area contributed by atoms with Crippen molar-refractivity contribution in [3.05, 3.63) is 0 Å². The molecule has 20 heavy (non-hydrogen) atoms. The molecule has 2 atom stereocenters. The van der Waals surface area contributed by atoms with E-state index in [1.54, 1.807) is 0 Å². The molecule has 1 heteroatoms. The van der Waals surface area contributed by atoms with Gasteiger partial charge in [-0.25, -0.2) is 0 Å². The standard InChI is InChI=1S/C19H38O/c1-4-5-6-7-8-9-10-11-15-18-19(20-18)16-13-12-14-17(2)3/h17-19H,4-16H2,1-3H3. The quantitative estimate of drug-likeness (QED) is 0.261. The maximum Gasteiger partial charge on any atom is 0.0841 e. The highest BCUT2D eigenvalue weighted by Gasteiger charge is 2.36. The summed E-state index contributed by atoms with van der Waals surface area (Å²) in [5, 5.41) is 0. The van der Waals surface area contributed by atoms with E-state index in [0.29, 0.717) is 12.2 Å². The van der Waals surface area contributed by atoms with Gasteiger partial charge in [0.2, 0.25) is 0 Å². The molecule has 1 saturated heterocycles. The van der Waals surface area contributed by atoms with Gasteiger partial charge in [0.05, 0.1) is 12.2 Å². The first kappa shape index (κ1) is 18.0. The van der Waals surface area contributed by atoms with E-state index in [2.05, 4.69) is 20.8 Å². The van der Waals surface area contributed by atoms with Crippen LogP contribution in [0.15, 0.2) is 0 Å². The van der Waals surface area contributed by atoms with Gasteiger partial charge in [0.25, 0.3) is 0 Å². The molecule has 0 bridgehead atoms. The molecule has 120 valence electrons. The fourth-order valence-electron chi connectivity index (χ4n) is 3.06. The zero-order chi connectivity index (χ0) is 14.6. The Morgan fingerprint density at radius 2 is 1.20 bits per heavy atom. The maximum atomic E-state index is 5.78. The molecule has 0 aromatic carbocycles. The second-order valence-corrected chi connectivity index (χ2v) is 7.15. The Bertz CT molecular complexity index is 212. The van der Waals surface area contributed by atoms with Crippen LogP contribution >= 0.6 is 0 Å². The fraction of sp³-hybridized carbons (Fsp3) is 1.00. The Morgan fingerprint density at radius 3 is 1.75 bits per heavy atom. The average molecular weight is 283 g/mol. The second-order valence-electron chi connectivity index (χ2n) is 7.15. The highest BCUT2D eigenvalue weighted by molar-refractivity contribution is 4.84. The van der Waals surface area contributed by atoms with Crippen molar-refractivity contribution in [2.24, 2.45) is 5.92 Å². The molecular weight excluding hydrogens is 244 g/mol. The minimum Gasteiger partial charge on any atom is -0.370 e. The third-order valence-corrected chi connectivity index (χ3v) is 4.55. The molecule has 0 aliphatic carbocycles. The van der Waals surface area contributed by atoms with Crippen LogP contribution in [0.4, 0.5) is 0 Å². The number of unbranched alkanes of at least 4 members (excludes halogenated alkanes) is 8. The van der Waals surface area contributed by atoms with Crippen LogP contribution in [-0.4, -0.2) is 12.2 Å². The molecule has 1 rings (SSSR count). The minimum atomic E-state index is 0.631. The van der Waals surface area contributed by atoms with E-state index in [9.17, 15) is 0 Å². The van der Waals surface area contributed by atoms with E-state index < -0.39 is 0 Å². The van der Waals surface area contributed by atoms with Crippen molar-refractivity contribution in [1.29, 1.82) is 0 Å². The molecular formula is C19H38O. The first-order chi connectivity index (χ1) is 9.74. The first-order valence-corrected chi connectivity index (χ1v) is 9.39. The monoisotopic (exact) mass is 282 g/mol. The molecule has 0 amide bonds. The fourth-order valence-corrected chi connectivity index (χ4v) is 3.06. The Morgan fingerprint density at radius 1 is 0.700 bits per heavy atom. The summed E-state index contributed by atoms with van der Waals surface area (Å²) in [5.41, 5.74) is 0. The number of ether oxygens (including phenoxy) is 1. The van der Waals surface area contributed by atoms with Gasteiger partial charge in [0.15, 0.2) is 0 Å². The third-order valence-electron chi connectivity index (χ3n) is 4.55. The largest absolute Gasteiger partial charge is 0.370 e. The van der Waals surface area contributed by atoms with Gasteiger partial charge < -0.3 is 4.74 Å². The molecule has 1 heterocycles. The molecule has 2 unspecified atom stereocenters. The van der Waals surface area contributed by atoms with E-state index in [1.165, 1.54) is 83.5 Å². The SMILES string of the molecule is CCCCCCCCCCC1OC1CCCCC(C)C. The number of rotatable bonds is 14. The van der Waals surface area contributed by atoms with Gasteiger partial charge in [-0.2, -0.15) is 0 Å². The van der Waals surface area contributed by atoms with E-state index in [-0.39, 0.29) is 0 Å². The molecule has 1 nitrogen and oxygen atoms in total. The number of hydrogen-bond donors (Lipinski definition) is 0. The van der Waals surface area contributed by atoms with Crippen molar-refractivity contribution >= 4 is 0 Å². The first-order valence-electron chi connectivity index (χ1n) is 9.39. The van der Waals surface area contributed by atoms with Gasteiger partial charge in [-0.3, -0.25) is 0 Å². The van der Waals surface area contributed by atoms with E-state index in [4.69, 9.17) is 4.74 Å². The summed E-state index contributed by atoms with van der Waals surface area (Å²) in [7, 11) is 0. The summed E-state index contributed by atoms with van der Waals surface area (Å²) in [6.45, 7) is 6.92. The zero-order valence-electron chi connectivity index (χ0n) is 14.3. The molecule has 1 fully saturated rings. The Hall–Kier alpha value is -0.0400. The summed E-state index contributed by atoms with van der Waals surface area (Å²) in [6, 6.07) is 0. The summed E-state index contributed by atoms with van der Waals surface area (Å²) in [5.74, 6) is 0.864. The summed E-state index contributed by atoms with van der Waals surface area (Å²) in [6.07, 6.45) is 19.4. The molecule has 1 aliphatic rings. The highest BCUT2D eigenvalue weighted by Crippen LogP contribution is 2.31. The molecule has 0 radical (unpaired) electrons.